The zero-order valence-corrected chi connectivity index (χ0v) is 21.2. The maximum atomic E-state index is 12.6. The number of rotatable bonds is 7. The van der Waals surface area contributed by atoms with Crippen LogP contribution >= 0.6 is 12.2 Å². The molecule has 0 bridgehead atoms. The number of nitrogens with zero attached hydrogens (tertiary/aromatic N) is 4. The first-order valence-corrected chi connectivity index (χ1v) is 12.6. The van der Waals surface area contributed by atoms with Gasteiger partial charge >= 0.3 is 0 Å². The van der Waals surface area contributed by atoms with E-state index in [0.717, 1.165) is 17.9 Å². The fourth-order valence-corrected chi connectivity index (χ4v) is 4.53. The number of morpholine rings is 1. The van der Waals surface area contributed by atoms with Crippen molar-refractivity contribution in [3.63, 3.8) is 0 Å². The second-order valence-corrected chi connectivity index (χ2v) is 9.02. The second-order valence-electron chi connectivity index (χ2n) is 8.64. The maximum absolute atomic E-state index is 12.6. The van der Waals surface area contributed by atoms with Crippen LogP contribution in [0.25, 0.3) is 0 Å². The molecule has 2 aromatic rings. The highest BCUT2D eigenvalue weighted by Crippen LogP contribution is 2.33. The first kappa shape index (κ1) is 25.6. The lowest BCUT2D eigenvalue weighted by Crippen LogP contribution is -2.52. The van der Waals surface area contributed by atoms with Crippen molar-refractivity contribution in [1.82, 2.24) is 10.2 Å². The molecule has 10 nitrogen and oxygen atoms in total. The molecule has 192 valence electrons. The van der Waals surface area contributed by atoms with E-state index in [4.69, 9.17) is 21.7 Å². The minimum absolute atomic E-state index is 0.105. The summed E-state index contributed by atoms with van der Waals surface area (Å²) in [6, 6.07) is 12.3. The molecule has 0 spiro atoms. The number of hydrogen-bond acceptors (Lipinski definition) is 8. The topological polar surface area (TPSA) is 100 Å². The number of nitrogens with one attached hydrogen (secondary N) is 1. The molecule has 36 heavy (non-hydrogen) atoms. The normalized spacial score (nSPS) is 16.0. The third kappa shape index (κ3) is 6.21. The number of anilines is 2. The van der Waals surface area contributed by atoms with Gasteiger partial charge in [-0.05, 0) is 55.0 Å². The average molecular weight is 514 g/mol. The number of nitro groups is 1. The van der Waals surface area contributed by atoms with Crippen LogP contribution < -0.4 is 19.9 Å². The van der Waals surface area contributed by atoms with Gasteiger partial charge in [0, 0.05) is 56.6 Å². The lowest BCUT2D eigenvalue weighted by Gasteiger charge is -2.37. The van der Waals surface area contributed by atoms with Crippen LogP contribution in [0.2, 0.25) is 0 Å². The molecule has 0 atom stereocenters. The highest BCUT2D eigenvalue weighted by Gasteiger charge is 2.25. The van der Waals surface area contributed by atoms with Crippen LogP contribution in [0.5, 0.6) is 5.75 Å². The number of carbonyl (C=O) groups excluding carboxylic acids is 1. The Hall–Kier alpha value is -3.44. The Morgan fingerprint density at radius 2 is 1.75 bits per heavy atom. The molecule has 0 unspecified atom stereocenters. The number of amides is 1. The average Bonchev–Trinajstić information content (AvgIpc) is 2.92. The maximum Gasteiger partial charge on any atom is 0.292 e. The summed E-state index contributed by atoms with van der Waals surface area (Å²) in [5, 5.41) is 14.8. The van der Waals surface area contributed by atoms with E-state index in [1.165, 1.54) is 0 Å². The molecule has 2 aromatic carbocycles. The highest BCUT2D eigenvalue weighted by atomic mass is 32.1. The molecule has 1 amide bonds. The Morgan fingerprint density at radius 3 is 2.39 bits per heavy atom. The predicted molar refractivity (Wildman–Crippen MR) is 142 cm³/mol. The Bertz CT molecular complexity index is 1080. The van der Waals surface area contributed by atoms with E-state index < -0.39 is 0 Å². The van der Waals surface area contributed by atoms with Crippen molar-refractivity contribution in [2.45, 2.75) is 13.3 Å². The quantitative estimate of drug-likeness (QED) is 0.340. The molecule has 2 aliphatic rings. The van der Waals surface area contributed by atoms with Crippen molar-refractivity contribution in [3.05, 3.63) is 58.1 Å². The van der Waals surface area contributed by atoms with E-state index in [2.05, 4.69) is 10.2 Å². The summed E-state index contributed by atoms with van der Waals surface area (Å²) in [7, 11) is 0. The van der Waals surface area contributed by atoms with Gasteiger partial charge in [0.1, 0.15) is 11.4 Å². The van der Waals surface area contributed by atoms with Gasteiger partial charge in [-0.3, -0.25) is 20.2 Å². The Labute approximate surface area is 215 Å². The number of nitro benzene ring substituents is 1. The molecule has 0 aromatic heterocycles. The van der Waals surface area contributed by atoms with Gasteiger partial charge in [-0.25, -0.2) is 0 Å². The van der Waals surface area contributed by atoms with Gasteiger partial charge in [-0.15, -0.1) is 0 Å². The van der Waals surface area contributed by atoms with E-state index in [-0.39, 0.29) is 16.5 Å². The molecule has 2 aliphatic heterocycles. The Kier molecular flexibility index (Phi) is 8.55. The van der Waals surface area contributed by atoms with E-state index in [0.29, 0.717) is 75.5 Å². The van der Waals surface area contributed by atoms with Gasteiger partial charge in [-0.2, -0.15) is 0 Å². The van der Waals surface area contributed by atoms with Crippen LogP contribution in [-0.2, 0) is 4.74 Å². The SMILES string of the molecule is CCCOc1ccc(C(=O)NC(=S)N2CCN(c3ccc([N+](=O)[O-])c(N4CCOCC4)c3)CC2)cc1. The van der Waals surface area contributed by atoms with Crippen molar-refractivity contribution < 1.29 is 19.2 Å². The molecule has 0 radical (unpaired) electrons. The molecule has 2 fully saturated rings. The molecule has 2 saturated heterocycles. The molecule has 11 heteroatoms. The van der Waals surface area contributed by atoms with Crippen molar-refractivity contribution >= 4 is 40.3 Å². The second kappa shape index (κ2) is 12.0. The minimum Gasteiger partial charge on any atom is -0.494 e. The van der Waals surface area contributed by atoms with Crippen molar-refractivity contribution in [2.24, 2.45) is 0 Å². The standard InChI is InChI=1S/C25H31N5O5S/c1-2-15-35-21-6-3-19(4-7-21)24(31)26-25(36)29-11-9-27(10-12-29)20-5-8-22(30(32)33)23(18-20)28-13-16-34-17-14-28/h3-8,18H,2,9-17H2,1H3,(H,26,31,36). The van der Waals surface area contributed by atoms with Crippen molar-refractivity contribution in [2.75, 3.05) is 68.9 Å². The Balaban J connectivity index is 1.34. The summed E-state index contributed by atoms with van der Waals surface area (Å²) in [6.07, 6.45) is 0.920. The smallest absolute Gasteiger partial charge is 0.292 e. The zero-order valence-electron chi connectivity index (χ0n) is 20.4. The van der Waals surface area contributed by atoms with E-state index in [9.17, 15) is 14.9 Å². The molecule has 4 rings (SSSR count). The molecule has 0 aliphatic carbocycles. The lowest BCUT2D eigenvalue weighted by atomic mass is 10.1. The van der Waals surface area contributed by atoms with Crippen LogP contribution in [0.3, 0.4) is 0 Å². The van der Waals surface area contributed by atoms with Gasteiger partial charge in [0.05, 0.1) is 24.7 Å². The molecular weight excluding hydrogens is 482 g/mol. The molecular formula is C25H31N5O5S. The lowest BCUT2D eigenvalue weighted by molar-refractivity contribution is -0.384. The third-order valence-corrected chi connectivity index (χ3v) is 6.61. The Morgan fingerprint density at radius 1 is 1.06 bits per heavy atom. The van der Waals surface area contributed by atoms with Crippen LogP contribution in [0, 0.1) is 10.1 Å². The van der Waals surface area contributed by atoms with Crippen LogP contribution in [0.4, 0.5) is 17.1 Å². The summed E-state index contributed by atoms with van der Waals surface area (Å²) in [6.45, 7) is 7.66. The number of ether oxygens (including phenoxy) is 2. The van der Waals surface area contributed by atoms with Crippen LogP contribution in [0.1, 0.15) is 23.7 Å². The number of hydrogen-bond donors (Lipinski definition) is 1. The monoisotopic (exact) mass is 513 g/mol. The van der Waals surface area contributed by atoms with Gasteiger partial charge < -0.3 is 24.2 Å². The van der Waals surface area contributed by atoms with Gasteiger partial charge in [-0.1, -0.05) is 6.92 Å². The van der Waals surface area contributed by atoms with Crippen LogP contribution in [0.15, 0.2) is 42.5 Å². The number of carbonyl (C=O) groups is 1. The molecule has 2 heterocycles. The summed E-state index contributed by atoms with van der Waals surface area (Å²) in [5.41, 5.74) is 2.17. The summed E-state index contributed by atoms with van der Waals surface area (Å²) < 4.78 is 11.0. The minimum atomic E-state index is -0.334. The van der Waals surface area contributed by atoms with Crippen LogP contribution in [-0.4, -0.2) is 79.9 Å². The van der Waals surface area contributed by atoms with E-state index in [1.807, 2.05) is 22.8 Å². The third-order valence-electron chi connectivity index (χ3n) is 6.25. The van der Waals surface area contributed by atoms with E-state index in [1.54, 1.807) is 36.4 Å². The number of benzene rings is 2. The first-order valence-electron chi connectivity index (χ1n) is 12.2. The molecule has 0 saturated carbocycles. The molecule has 1 N–H and O–H groups in total. The van der Waals surface area contributed by atoms with Gasteiger partial charge in [0.2, 0.25) is 0 Å². The highest BCUT2D eigenvalue weighted by molar-refractivity contribution is 7.80. The first-order chi connectivity index (χ1) is 17.5. The van der Waals surface area contributed by atoms with E-state index >= 15 is 0 Å². The zero-order chi connectivity index (χ0) is 25.5. The predicted octanol–water partition coefficient (Wildman–Crippen LogP) is 3.06. The van der Waals surface area contributed by atoms with Gasteiger partial charge in [0.15, 0.2) is 5.11 Å². The fourth-order valence-electron chi connectivity index (χ4n) is 4.26. The van der Waals surface area contributed by atoms with Crippen molar-refractivity contribution in [1.29, 1.82) is 0 Å². The summed E-state index contributed by atoms with van der Waals surface area (Å²) in [4.78, 5) is 30.1. The fraction of sp³-hybridized carbons (Fsp3) is 0.440. The number of piperazine rings is 1. The van der Waals surface area contributed by atoms with Gasteiger partial charge in [0.25, 0.3) is 11.6 Å². The largest absolute Gasteiger partial charge is 0.494 e. The summed E-state index contributed by atoms with van der Waals surface area (Å²) >= 11 is 5.50. The number of thiocarbonyl (C=S) groups is 1. The van der Waals surface area contributed by atoms with Crippen molar-refractivity contribution in [3.8, 4) is 5.75 Å². The summed E-state index contributed by atoms with van der Waals surface area (Å²) in [5.74, 6) is 0.477.